The molecular weight excluding hydrogens is 158 g/mol. The zero-order chi connectivity index (χ0) is 9.14. The van der Waals surface area contributed by atoms with E-state index in [9.17, 15) is 8.78 Å². The van der Waals surface area contributed by atoms with E-state index in [1.165, 1.54) is 0 Å². The molecular formula is C10H12F2. The highest BCUT2D eigenvalue weighted by Crippen LogP contribution is 2.36. The van der Waals surface area contributed by atoms with Crippen LogP contribution in [0.3, 0.4) is 0 Å². The van der Waals surface area contributed by atoms with Crippen molar-refractivity contribution in [2.24, 2.45) is 5.92 Å². The second kappa shape index (κ2) is 3.65. The van der Waals surface area contributed by atoms with Gasteiger partial charge in [-0.25, -0.2) is 8.78 Å². The fourth-order valence-corrected chi connectivity index (χ4v) is 0.885. The molecule has 1 rings (SSSR count). The molecule has 0 heterocycles. The largest absolute Gasteiger partial charge is 0.209 e. The molecule has 0 amide bonds. The van der Waals surface area contributed by atoms with Crippen LogP contribution < -0.4 is 0 Å². The summed E-state index contributed by atoms with van der Waals surface area (Å²) in [7, 11) is 0. The second-order valence-electron chi connectivity index (χ2n) is 3.06. The van der Waals surface area contributed by atoms with E-state index in [1.54, 1.807) is 6.08 Å². The number of allylic oxidation sites excluding steroid dienone is 5. The standard InChI is InChI=1S/C10H12F2/c1-7(9-4-5-9)3-6-10(12)8(2)11/h3,6,9H,1,4-5H2,2H3/b6-3-,10-8-. The van der Waals surface area contributed by atoms with Crippen LogP contribution in [0.15, 0.2) is 36.0 Å². The van der Waals surface area contributed by atoms with E-state index in [-0.39, 0.29) is 0 Å². The van der Waals surface area contributed by atoms with Gasteiger partial charge >= 0.3 is 0 Å². The lowest BCUT2D eigenvalue weighted by molar-refractivity contribution is 0.555. The minimum absolute atomic E-state index is 0.508. The van der Waals surface area contributed by atoms with Gasteiger partial charge in [0.2, 0.25) is 0 Å². The maximum absolute atomic E-state index is 12.5. The number of rotatable bonds is 3. The van der Waals surface area contributed by atoms with Crippen LogP contribution in [0.1, 0.15) is 19.8 Å². The Labute approximate surface area is 71.3 Å². The summed E-state index contributed by atoms with van der Waals surface area (Å²) in [4.78, 5) is 0. The van der Waals surface area contributed by atoms with Crippen molar-refractivity contribution in [1.82, 2.24) is 0 Å². The molecule has 0 nitrogen and oxygen atoms in total. The molecule has 0 saturated heterocycles. The van der Waals surface area contributed by atoms with Crippen molar-refractivity contribution in [2.45, 2.75) is 19.8 Å². The van der Waals surface area contributed by atoms with Gasteiger partial charge in [0.05, 0.1) is 0 Å². The molecule has 12 heavy (non-hydrogen) atoms. The number of hydrogen-bond acceptors (Lipinski definition) is 0. The summed E-state index contributed by atoms with van der Waals surface area (Å²) in [5.74, 6) is -1.08. The Morgan fingerprint density at radius 2 is 1.92 bits per heavy atom. The van der Waals surface area contributed by atoms with Gasteiger partial charge in [-0.05, 0) is 31.8 Å². The maximum Gasteiger partial charge on any atom is 0.154 e. The molecule has 0 aliphatic heterocycles. The Morgan fingerprint density at radius 3 is 2.33 bits per heavy atom. The normalized spacial score (nSPS) is 19.6. The Hall–Kier alpha value is -0.920. The molecule has 1 aliphatic rings. The summed E-state index contributed by atoms with van der Waals surface area (Å²) < 4.78 is 24.7. The Balaban J connectivity index is 2.48. The van der Waals surface area contributed by atoms with E-state index in [4.69, 9.17) is 0 Å². The number of hydrogen-bond donors (Lipinski definition) is 0. The zero-order valence-corrected chi connectivity index (χ0v) is 7.11. The van der Waals surface area contributed by atoms with E-state index >= 15 is 0 Å². The van der Waals surface area contributed by atoms with Crippen LogP contribution in [0.2, 0.25) is 0 Å². The summed E-state index contributed by atoms with van der Waals surface area (Å²) in [6.07, 6.45) is 4.94. The predicted octanol–water partition coefficient (Wildman–Crippen LogP) is 3.68. The van der Waals surface area contributed by atoms with Crippen molar-refractivity contribution in [3.63, 3.8) is 0 Å². The third-order valence-electron chi connectivity index (χ3n) is 1.87. The van der Waals surface area contributed by atoms with Crippen molar-refractivity contribution in [2.75, 3.05) is 0 Å². The topological polar surface area (TPSA) is 0 Å². The quantitative estimate of drug-likeness (QED) is 0.567. The first-order valence-corrected chi connectivity index (χ1v) is 4.00. The Kier molecular flexibility index (Phi) is 2.79. The zero-order valence-electron chi connectivity index (χ0n) is 7.11. The van der Waals surface area contributed by atoms with E-state index < -0.39 is 11.7 Å². The monoisotopic (exact) mass is 170 g/mol. The first-order chi connectivity index (χ1) is 5.61. The minimum atomic E-state index is -0.809. The lowest BCUT2D eigenvalue weighted by atomic mass is 10.2. The van der Waals surface area contributed by atoms with Crippen LogP contribution in [-0.2, 0) is 0 Å². The summed E-state index contributed by atoms with van der Waals surface area (Å²) in [5, 5.41) is 0. The van der Waals surface area contributed by atoms with E-state index in [0.29, 0.717) is 5.92 Å². The highest BCUT2D eigenvalue weighted by atomic mass is 19.2. The first kappa shape index (κ1) is 9.17. The van der Waals surface area contributed by atoms with Crippen molar-refractivity contribution in [3.05, 3.63) is 36.0 Å². The van der Waals surface area contributed by atoms with Gasteiger partial charge in [0.25, 0.3) is 0 Å². The molecule has 0 aromatic carbocycles. The minimum Gasteiger partial charge on any atom is -0.209 e. The molecule has 1 aliphatic carbocycles. The molecule has 0 radical (unpaired) electrons. The molecule has 0 unspecified atom stereocenters. The Morgan fingerprint density at radius 1 is 1.33 bits per heavy atom. The lowest BCUT2D eigenvalue weighted by Gasteiger charge is -1.92. The van der Waals surface area contributed by atoms with Gasteiger partial charge in [-0.1, -0.05) is 18.2 Å². The number of halogens is 2. The van der Waals surface area contributed by atoms with Crippen LogP contribution >= 0.6 is 0 Å². The van der Waals surface area contributed by atoms with Gasteiger partial charge in [0.1, 0.15) is 5.83 Å². The van der Waals surface area contributed by atoms with Crippen LogP contribution in [0.25, 0.3) is 0 Å². The van der Waals surface area contributed by atoms with Crippen LogP contribution in [-0.4, -0.2) is 0 Å². The van der Waals surface area contributed by atoms with Gasteiger partial charge in [0, 0.05) is 0 Å². The summed E-state index contributed by atoms with van der Waals surface area (Å²) in [6.45, 7) is 4.85. The molecule has 0 aromatic heterocycles. The third kappa shape index (κ3) is 2.61. The SMILES string of the molecule is C=C(/C=C\C(F)=C(/C)F)C1CC1. The van der Waals surface area contributed by atoms with E-state index in [1.807, 2.05) is 0 Å². The van der Waals surface area contributed by atoms with Gasteiger partial charge in [-0.15, -0.1) is 0 Å². The van der Waals surface area contributed by atoms with Gasteiger partial charge in [-0.2, -0.15) is 0 Å². The van der Waals surface area contributed by atoms with Crippen molar-refractivity contribution in [3.8, 4) is 0 Å². The molecule has 1 saturated carbocycles. The fourth-order valence-electron chi connectivity index (χ4n) is 0.885. The molecule has 0 atom stereocenters. The van der Waals surface area contributed by atoms with Crippen LogP contribution in [0.4, 0.5) is 8.78 Å². The lowest BCUT2D eigenvalue weighted by Crippen LogP contribution is -1.77. The van der Waals surface area contributed by atoms with E-state index in [2.05, 4.69) is 6.58 Å². The Bertz CT molecular complexity index is 241. The molecule has 0 bridgehead atoms. The predicted molar refractivity (Wildman–Crippen MR) is 45.9 cm³/mol. The summed E-state index contributed by atoms with van der Waals surface area (Å²) in [6, 6.07) is 0. The first-order valence-electron chi connectivity index (χ1n) is 4.00. The van der Waals surface area contributed by atoms with Gasteiger partial charge in [-0.3, -0.25) is 0 Å². The van der Waals surface area contributed by atoms with Crippen molar-refractivity contribution >= 4 is 0 Å². The van der Waals surface area contributed by atoms with Gasteiger partial charge < -0.3 is 0 Å². The smallest absolute Gasteiger partial charge is 0.154 e. The van der Waals surface area contributed by atoms with Crippen molar-refractivity contribution in [1.29, 1.82) is 0 Å². The van der Waals surface area contributed by atoms with Crippen LogP contribution in [0, 0.1) is 5.92 Å². The average molecular weight is 170 g/mol. The fraction of sp³-hybridized carbons (Fsp3) is 0.400. The van der Waals surface area contributed by atoms with Crippen molar-refractivity contribution < 1.29 is 8.78 Å². The highest BCUT2D eigenvalue weighted by molar-refractivity contribution is 5.27. The summed E-state index contributed by atoms with van der Waals surface area (Å²) in [5.41, 5.74) is 0.895. The van der Waals surface area contributed by atoms with Gasteiger partial charge in [0.15, 0.2) is 5.83 Å². The molecule has 66 valence electrons. The van der Waals surface area contributed by atoms with Crippen LogP contribution in [0.5, 0.6) is 0 Å². The molecule has 1 fully saturated rings. The maximum atomic E-state index is 12.5. The molecule has 0 spiro atoms. The summed E-state index contributed by atoms with van der Waals surface area (Å²) >= 11 is 0. The molecule has 2 heteroatoms. The van der Waals surface area contributed by atoms with E-state index in [0.717, 1.165) is 31.4 Å². The second-order valence-corrected chi connectivity index (χ2v) is 3.06. The molecule has 0 aromatic rings. The third-order valence-corrected chi connectivity index (χ3v) is 1.87. The molecule has 0 N–H and O–H groups in total. The average Bonchev–Trinajstić information content (AvgIpc) is 2.81. The highest BCUT2D eigenvalue weighted by Gasteiger charge is 2.22.